The predicted octanol–water partition coefficient (Wildman–Crippen LogP) is 0.240. The number of halogens is 1. The molecule has 0 fully saturated rings. The molecule has 0 aromatic heterocycles. The van der Waals surface area contributed by atoms with Crippen LogP contribution in [0.2, 0.25) is 0 Å². The van der Waals surface area contributed by atoms with Crippen molar-refractivity contribution in [1.29, 1.82) is 0 Å². The Morgan fingerprint density at radius 1 is 1.62 bits per heavy atom. The molecule has 0 aliphatic rings. The van der Waals surface area contributed by atoms with Gasteiger partial charge in [-0.15, -0.1) is 0 Å². The number of nitrogens with one attached hydrogen (secondary N) is 1. The van der Waals surface area contributed by atoms with Crippen LogP contribution in [0.15, 0.2) is 0 Å². The second kappa shape index (κ2) is 2.99. The van der Waals surface area contributed by atoms with Gasteiger partial charge in [0.05, 0.1) is 5.66 Å². The quantitative estimate of drug-likeness (QED) is 0.523. The van der Waals surface area contributed by atoms with Crippen LogP contribution < -0.4 is 11.1 Å². The maximum Gasteiger partial charge on any atom is 0.102 e. The molecule has 0 heterocycles. The van der Waals surface area contributed by atoms with Crippen LogP contribution in [0.5, 0.6) is 0 Å². The summed E-state index contributed by atoms with van der Waals surface area (Å²) < 4.78 is 11.4. The van der Waals surface area contributed by atoms with Crippen molar-refractivity contribution in [1.82, 2.24) is 5.32 Å². The summed E-state index contributed by atoms with van der Waals surface area (Å²) in [4.78, 5) is 0. The van der Waals surface area contributed by atoms with Gasteiger partial charge in [0, 0.05) is 6.54 Å². The minimum Gasteiger partial charge on any atom is -0.314 e. The van der Waals surface area contributed by atoms with Gasteiger partial charge in [0.2, 0.25) is 0 Å². The Labute approximate surface area is 49.3 Å². The van der Waals surface area contributed by atoms with Gasteiger partial charge in [-0.05, 0) is 13.8 Å². The van der Waals surface area contributed by atoms with Crippen molar-refractivity contribution in [3.05, 3.63) is 0 Å². The molecule has 0 aromatic rings. The normalized spacial score (nSPS) is 12.0. The van der Waals surface area contributed by atoms with E-state index in [1.54, 1.807) is 13.8 Å². The van der Waals surface area contributed by atoms with Crippen LogP contribution in [0.4, 0.5) is 4.39 Å². The Balaban J connectivity index is 3.11. The molecule has 0 rings (SSSR count). The van der Waals surface area contributed by atoms with Gasteiger partial charge in [-0.1, -0.05) is 0 Å². The van der Waals surface area contributed by atoms with Gasteiger partial charge in [0.1, 0.15) is 6.67 Å². The predicted molar refractivity (Wildman–Crippen MR) is 32.2 cm³/mol. The minimum atomic E-state index is -0.438. The Kier molecular flexibility index (Phi) is 2.94. The number of hydrogen-bond acceptors (Lipinski definition) is 2. The second-order valence-electron chi connectivity index (χ2n) is 2.34. The van der Waals surface area contributed by atoms with E-state index >= 15 is 0 Å². The van der Waals surface area contributed by atoms with Crippen molar-refractivity contribution >= 4 is 0 Å². The third-order valence-electron chi connectivity index (χ3n) is 0.675. The Hall–Kier alpha value is -0.150. The van der Waals surface area contributed by atoms with E-state index in [1.165, 1.54) is 0 Å². The van der Waals surface area contributed by atoms with E-state index in [9.17, 15) is 4.39 Å². The highest BCUT2D eigenvalue weighted by molar-refractivity contribution is 4.66. The van der Waals surface area contributed by atoms with Gasteiger partial charge < -0.3 is 5.73 Å². The highest BCUT2D eigenvalue weighted by atomic mass is 19.1. The van der Waals surface area contributed by atoms with Gasteiger partial charge in [-0.25, -0.2) is 4.39 Å². The standard InChI is InChI=1S/C5H13FN2/c1-5(2,7)8-4-3-6/h8H,3-4,7H2,1-2H3. The van der Waals surface area contributed by atoms with E-state index in [0.29, 0.717) is 6.54 Å². The average Bonchev–Trinajstić information content (AvgIpc) is 1.59. The maximum absolute atomic E-state index is 11.4. The Morgan fingerprint density at radius 3 is 2.25 bits per heavy atom. The zero-order valence-corrected chi connectivity index (χ0v) is 5.37. The molecule has 2 nitrogen and oxygen atoms in total. The summed E-state index contributed by atoms with van der Waals surface area (Å²) in [5.74, 6) is 0. The molecule has 0 saturated heterocycles. The second-order valence-corrected chi connectivity index (χ2v) is 2.34. The fourth-order valence-corrected chi connectivity index (χ4v) is 0.369. The monoisotopic (exact) mass is 120 g/mol. The zero-order valence-electron chi connectivity index (χ0n) is 5.37. The van der Waals surface area contributed by atoms with Gasteiger partial charge in [-0.3, -0.25) is 5.32 Å². The van der Waals surface area contributed by atoms with E-state index in [0.717, 1.165) is 0 Å². The number of rotatable bonds is 3. The number of alkyl halides is 1. The van der Waals surface area contributed by atoms with Crippen molar-refractivity contribution in [2.24, 2.45) is 5.73 Å². The lowest BCUT2D eigenvalue weighted by molar-refractivity contribution is 0.366. The van der Waals surface area contributed by atoms with Crippen LogP contribution >= 0.6 is 0 Å². The summed E-state index contributed by atoms with van der Waals surface area (Å²) in [5.41, 5.74) is 5.01. The molecule has 0 aromatic carbocycles. The smallest absolute Gasteiger partial charge is 0.102 e. The minimum absolute atomic E-state index is 0.337. The fraction of sp³-hybridized carbons (Fsp3) is 1.00. The molecule has 0 spiro atoms. The molecule has 0 saturated carbocycles. The molecule has 0 amide bonds. The van der Waals surface area contributed by atoms with E-state index in [4.69, 9.17) is 5.73 Å². The fourth-order valence-electron chi connectivity index (χ4n) is 0.369. The molecule has 0 radical (unpaired) electrons. The molecule has 0 atom stereocenters. The van der Waals surface area contributed by atoms with Crippen LogP contribution in [-0.2, 0) is 0 Å². The molecule has 0 aliphatic carbocycles. The van der Waals surface area contributed by atoms with Crippen molar-refractivity contribution in [3.8, 4) is 0 Å². The van der Waals surface area contributed by atoms with E-state index in [1.807, 2.05) is 0 Å². The van der Waals surface area contributed by atoms with Gasteiger partial charge >= 0.3 is 0 Å². The molecule has 8 heavy (non-hydrogen) atoms. The SMILES string of the molecule is CC(C)(N)NCCF. The first-order chi connectivity index (χ1) is 3.56. The van der Waals surface area contributed by atoms with E-state index in [2.05, 4.69) is 5.32 Å². The van der Waals surface area contributed by atoms with Gasteiger partial charge in [0.15, 0.2) is 0 Å². The van der Waals surface area contributed by atoms with Crippen LogP contribution in [-0.4, -0.2) is 18.9 Å². The Bertz CT molecular complexity index is 57.9. The number of hydrogen-bond donors (Lipinski definition) is 2. The third kappa shape index (κ3) is 5.85. The molecule has 50 valence electrons. The van der Waals surface area contributed by atoms with Crippen molar-refractivity contribution < 1.29 is 4.39 Å². The van der Waals surface area contributed by atoms with Gasteiger partial charge in [0.25, 0.3) is 0 Å². The van der Waals surface area contributed by atoms with Crippen LogP contribution in [0.1, 0.15) is 13.8 Å². The average molecular weight is 120 g/mol. The van der Waals surface area contributed by atoms with Gasteiger partial charge in [-0.2, -0.15) is 0 Å². The molecule has 3 heteroatoms. The summed E-state index contributed by atoms with van der Waals surface area (Å²) in [6.45, 7) is 3.56. The number of nitrogens with two attached hydrogens (primary N) is 1. The summed E-state index contributed by atoms with van der Waals surface area (Å²) in [7, 11) is 0. The van der Waals surface area contributed by atoms with E-state index in [-0.39, 0.29) is 6.67 Å². The lowest BCUT2D eigenvalue weighted by Gasteiger charge is -2.18. The first-order valence-electron chi connectivity index (χ1n) is 2.66. The largest absolute Gasteiger partial charge is 0.314 e. The third-order valence-corrected chi connectivity index (χ3v) is 0.675. The molecular formula is C5H13FN2. The first-order valence-corrected chi connectivity index (χ1v) is 2.66. The molecule has 3 N–H and O–H groups in total. The topological polar surface area (TPSA) is 38.0 Å². The van der Waals surface area contributed by atoms with Crippen LogP contribution in [0.3, 0.4) is 0 Å². The first kappa shape index (κ1) is 7.85. The van der Waals surface area contributed by atoms with Crippen LogP contribution in [0, 0.1) is 0 Å². The van der Waals surface area contributed by atoms with Crippen molar-refractivity contribution in [2.45, 2.75) is 19.5 Å². The van der Waals surface area contributed by atoms with Crippen molar-refractivity contribution in [3.63, 3.8) is 0 Å². The summed E-state index contributed by atoms with van der Waals surface area (Å²) >= 11 is 0. The maximum atomic E-state index is 11.4. The van der Waals surface area contributed by atoms with Crippen LogP contribution in [0.25, 0.3) is 0 Å². The van der Waals surface area contributed by atoms with Crippen molar-refractivity contribution in [2.75, 3.05) is 13.2 Å². The summed E-state index contributed by atoms with van der Waals surface area (Å²) in [6.07, 6.45) is 0. The molecular weight excluding hydrogens is 107 g/mol. The zero-order chi connectivity index (χ0) is 6.62. The van der Waals surface area contributed by atoms with E-state index < -0.39 is 5.66 Å². The molecule has 0 bridgehead atoms. The lowest BCUT2D eigenvalue weighted by atomic mass is 10.3. The highest BCUT2D eigenvalue weighted by Crippen LogP contribution is 1.86. The Morgan fingerprint density at radius 2 is 2.12 bits per heavy atom. The molecule has 0 aliphatic heterocycles. The summed E-state index contributed by atoms with van der Waals surface area (Å²) in [6, 6.07) is 0. The summed E-state index contributed by atoms with van der Waals surface area (Å²) in [5, 5.41) is 2.77. The highest BCUT2D eigenvalue weighted by Gasteiger charge is 2.06. The lowest BCUT2D eigenvalue weighted by Crippen LogP contribution is -2.48. The molecule has 0 unspecified atom stereocenters.